The summed E-state index contributed by atoms with van der Waals surface area (Å²) in [5.41, 5.74) is 0.473. The third-order valence-corrected chi connectivity index (χ3v) is 4.16. The fourth-order valence-corrected chi connectivity index (χ4v) is 2.67. The number of ether oxygens (including phenoxy) is 2. The van der Waals surface area contributed by atoms with Gasteiger partial charge in [0.2, 0.25) is 5.96 Å². The van der Waals surface area contributed by atoms with Crippen LogP contribution < -0.4 is 15.5 Å². The molecule has 2 rings (SSSR count). The second kappa shape index (κ2) is 11.3. The van der Waals surface area contributed by atoms with Crippen LogP contribution in [0.25, 0.3) is 0 Å². The number of carbonyl (C=O) groups is 3. The lowest BCUT2D eigenvalue weighted by Gasteiger charge is -2.28. The molecule has 1 fully saturated rings. The summed E-state index contributed by atoms with van der Waals surface area (Å²) in [5, 5.41) is 13.2. The van der Waals surface area contributed by atoms with E-state index in [0.717, 1.165) is 12.8 Å². The monoisotopic (exact) mass is 426 g/mol. The highest BCUT2D eigenvalue weighted by atomic mass is 35.5. The summed E-state index contributed by atoms with van der Waals surface area (Å²) in [6.07, 6.45) is 1.94. The molecule has 1 aromatic rings. The van der Waals surface area contributed by atoms with Gasteiger partial charge in [-0.2, -0.15) is 0 Å². The minimum absolute atomic E-state index is 0. The minimum atomic E-state index is -0.614. The van der Waals surface area contributed by atoms with E-state index in [1.165, 1.54) is 24.1 Å². The number of hydrogen-bond acceptors (Lipinski definition) is 6. The normalized spacial score (nSPS) is 12.2. The van der Waals surface area contributed by atoms with Gasteiger partial charge in [0.05, 0.1) is 30.0 Å². The molecule has 0 atom stereocenters. The molecule has 3 N–H and O–H groups in total. The Morgan fingerprint density at radius 2 is 1.62 bits per heavy atom. The molecular formula is C19H27ClN4O5. The van der Waals surface area contributed by atoms with Crippen molar-refractivity contribution in [2.45, 2.75) is 26.7 Å². The van der Waals surface area contributed by atoms with Crippen LogP contribution in [0.2, 0.25) is 0 Å². The molecule has 0 spiro atoms. The first kappa shape index (κ1) is 24.2. The van der Waals surface area contributed by atoms with Crippen molar-refractivity contribution in [2.75, 3.05) is 31.7 Å². The van der Waals surface area contributed by atoms with Crippen LogP contribution in [0.15, 0.2) is 18.2 Å². The quantitative estimate of drug-likeness (QED) is 0.350. The van der Waals surface area contributed by atoms with Crippen molar-refractivity contribution in [1.29, 1.82) is 5.41 Å². The third-order valence-electron chi connectivity index (χ3n) is 4.16. The Hall–Kier alpha value is -2.81. The largest absolute Gasteiger partial charge is 0.462 e. The van der Waals surface area contributed by atoms with Crippen LogP contribution in [0.4, 0.5) is 10.5 Å². The second-order valence-corrected chi connectivity index (χ2v) is 6.25. The molecule has 0 heterocycles. The molecule has 10 heteroatoms. The van der Waals surface area contributed by atoms with Crippen molar-refractivity contribution in [1.82, 2.24) is 10.6 Å². The molecule has 0 radical (unpaired) electrons. The molecule has 2 amide bonds. The molecule has 160 valence electrons. The first-order valence-corrected chi connectivity index (χ1v) is 9.24. The highest BCUT2D eigenvalue weighted by Crippen LogP contribution is 2.34. The zero-order valence-corrected chi connectivity index (χ0v) is 17.6. The number of halogens is 1. The standard InChI is InChI=1S/C19H26N4O5.ClH/c1-4-27-16(24)13-7-6-8-14(17(25)28-5-2)15(13)23(11-12-9-10-12)18(20)22-19(26)21-3;/h6-8,12H,4-5,9-11H2,1-3H3,(H3,20,21,22,26);1H. The lowest BCUT2D eigenvalue weighted by Crippen LogP contribution is -2.48. The van der Waals surface area contributed by atoms with Crippen molar-refractivity contribution in [2.24, 2.45) is 5.92 Å². The number of nitrogens with zero attached hydrogens (tertiary/aromatic N) is 1. The van der Waals surface area contributed by atoms with Gasteiger partial charge in [0, 0.05) is 13.6 Å². The Morgan fingerprint density at radius 1 is 1.10 bits per heavy atom. The molecule has 0 saturated heterocycles. The number of benzene rings is 1. The van der Waals surface area contributed by atoms with Crippen molar-refractivity contribution in [3.63, 3.8) is 0 Å². The van der Waals surface area contributed by atoms with Crippen LogP contribution in [0.3, 0.4) is 0 Å². The molecule has 0 aliphatic heterocycles. The van der Waals surface area contributed by atoms with Gasteiger partial charge in [-0.05, 0) is 44.7 Å². The van der Waals surface area contributed by atoms with E-state index in [1.807, 2.05) is 0 Å². The van der Waals surface area contributed by atoms with Crippen molar-refractivity contribution in [3.05, 3.63) is 29.3 Å². The number of para-hydroxylation sites is 1. The van der Waals surface area contributed by atoms with Gasteiger partial charge in [-0.25, -0.2) is 14.4 Å². The SMILES string of the molecule is CCOC(=O)c1cccc(C(=O)OCC)c1N(CC1CC1)C(=N)NC(=O)NC.Cl. The van der Waals surface area contributed by atoms with Crippen LogP contribution in [0.5, 0.6) is 0 Å². The van der Waals surface area contributed by atoms with Gasteiger partial charge in [0.1, 0.15) is 0 Å². The van der Waals surface area contributed by atoms with Crippen LogP contribution in [-0.4, -0.2) is 50.7 Å². The van der Waals surface area contributed by atoms with E-state index in [0.29, 0.717) is 12.5 Å². The molecular weight excluding hydrogens is 400 g/mol. The molecule has 9 nitrogen and oxygen atoms in total. The highest BCUT2D eigenvalue weighted by Gasteiger charge is 2.32. The number of guanidine groups is 1. The smallest absolute Gasteiger partial charge is 0.340 e. The Kier molecular flexibility index (Phi) is 9.40. The fraction of sp³-hybridized carbons (Fsp3) is 0.474. The van der Waals surface area contributed by atoms with E-state index in [-0.39, 0.29) is 48.4 Å². The van der Waals surface area contributed by atoms with Crippen molar-refractivity contribution >= 4 is 42.0 Å². The van der Waals surface area contributed by atoms with Gasteiger partial charge in [-0.3, -0.25) is 10.7 Å². The van der Waals surface area contributed by atoms with Gasteiger partial charge in [0.25, 0.3) is 0 Å². The van der Waals surface area contributed by atoms with Gasteiger partial charge in [-0.1, -0.05) is 6.07 Å². The lowest BCUT2D eigenvalue weighted by atomic mass is 10.0. The van der Waals surface area contributed by atoms with Crippen LogP contribution >= 0.6 is 12.4 Å². The maximum atomic E-state index is 12.5. The third kappa shape index (κ3) is 6.35. The zero-order chi connectivity index (χ0) is 20.7. The Bertz CT molecular complexity index is 731. The summed E-state index contributed by atoms with van der Waals surface area (Å²) in [5.74, 6) is -1.17. The minimum Gasteiger partial charge on any atom is -0.462 e. The van der Waals surface area contributed by atoms with Crippen LogP contribution in [0.1, 0.15) is 47.4 Å². The number of anilines is 1. The molecule has 0 unspecified atom stereocenters. The Balaban J connectivity index is 0.00000420. The lowest BCUT2D eigenvalue weighted by molar-refractivity contribution is 0.0527. The molecule has 1 aliphatic carbocycles. The zero-order valence-electron chi connectivity index (χ0n) is 16.7. The fourth-order valence-electron chi connectivity index (χ4n) is 2.67. The van der Waals surface area contributed by atoms with E-state index in [1.54, 1.807) is 19.9 Å². The van der Waals surface area contributed by atoms with E-state index < -0.39 is 18.0 Å². The number of hydrogen-bond donors (Lipinski definition) is 3. The first-order chi connectivity index (χ1) is 13.4. The average molecular weight is 427 g/mol. The number of carbonyl (C=O) groups excluding carboxylic acids is 3. The van der Waals surface area contributed by atoms with Crippen molar-refractivity contribution < 1.29 is 23.9 Å². The summed E-state index contributed by atoms with van der Waals surface area (Å²) in [4.78, 5) is 38.3. The predicted octanol–water partition coefficient (Wildman–Crippen LogP) is 2.54. The maximum Gasteiger partial charge on any atom is 0.340 e. The van der Waals surface area contributed by atoms with E-state index in [9.17, 15) is 14.4 Å². The van der Waals surface area contributed by atoms with Gasteiger partial charge < -0.3 is 19.7 Å². The summed E-state index contributed by atoms with van der Waals surface area (Å²) in [6, 6.07) is 4.05. The number of urea groups is 1. The first-order valence-electron chi connectivity index (χ1n) is 9.24. The average Bonchev–Trinajstić information content (AvgIpc) is 3.50. The second-order valence-electron chi connectivity index (χ2n) is 6.25. The number of esters is 2. The number of amides is 2. The highest BCUT2D eigenvalue weighted by molar-refractivity contribution is 6.12. The van der Waals surface area contributed by atoms with Crippen LogP contribution in [-0.2, 0) is 9.47 Å². The molecule has 29 heavy (non-hydrogen) atoms. The molecule has 0 bridgehead atoms. The van der Waals surface area contributed by atoms with E-state index >= 15 is 0 Å². The summed E-state index contributed by atoms with van der Waals surface area (Å²) >= 11 is 0. The number of rotatable bonds is 7. The summed E-state index contributed by atoms with van der Waals surface area (Å²) < 4.78 is 10.3. The molecule has 1 aromatic carbocycles. The molecule has 0 aromatic heterocycles. The Morgan fingerprint density at radius 3 is 2.03 bits per heavy atom. The maximum absolute atomic E-state index is 12.5. The van der Waals surface area contributed by atoms with Crippen molar-refractivity contribution in [3.8, 4) is 0 Å². The Labute approximate surface area is 176 Å². The molecule has 1 saturated carbocycles. The van der Waals surface area contributed by atoms with E-state index in [2.05, 4.69) is 10.6 Å². The summed E-state index contributed by atoms with van der Waals surface area (Å²) in [6.45, 7) is 4.08. The van der Waals surface area contributed by atoms with Gasteiger partial charge in [0.15, 0.2) is 0 Å². The van der Waals surface area contributed by atoms with Gasteiger partial charge >= 0.3 is 18.0 Å². The summed E-state index contributed by atoms with van der Waals surface area (Å²) in [7, 11) is 1.43. The number of nitrogens with one attached hydrogen (secondary N) is 3. The topological polar surface area (TPSA) is 121 Å². The predicted molar refractivity (Wildman–Crippen MR) is 111 cm³/mol. The molecule has 1 aliphatic rings. The van der Waals surface area contributed by atoms with E-state index in [4.69, 9.17) is 14.9 Å². The van der Waals surface area contributed by atoms with Crippen LogP contribution in [0, 0.1) is 11.3 Å². The van der Waals surface area contributed by atoms with Gasteiger partial charge in [-0.15, -0.1) is 12.4 Å².